The minimum absolute atomic E-state index is 0. The number of urea groups is 1. The molecule has 0 saturated carbocycles. The molecule has 156 valence electrons. The van der Waals surface area contributed by atoms with E-state index in [-0.39, 0.29) is 48.8 Å². The van der Waals surface area contributed by atoms with Gasteiger partial charge in [0.1, 0.15) is 11.9 Å². The van der Waals surface area contributed by atoms with E-state index in [2.05, 4.69) is 16.0 Å². The standard InChI is InChI=1S/C20H29FN4O2.ClH/c1-2-3-18(19(26)25-16-8-9-17(25)13-22-11-10-16)24-20(27)23-12-14-4-6-15(21)7-5-14;/h4-7,16-18,22H,2-3,8-13H2,1H3,(H2,23,24,27);1H. The summed E-state index contributed by atoms with van der Waals surface area (Å²) in [4.78, 5) is 27.5. The van der Waals surface area contributed by atoms with E-state index in [0.717, 1.165) is 44.3 Å². The lowest BCUT2D eigenvalue weighted by Gasteiger charge is -2.32. The van der Waals surface area contributed by atoms with E-state index >= 15 is 0 Å². The van der Waals surface area contributed by atoms with E-state index in [0.29, 0.717) is 6.42 Å². The number of hydrogen-bond donors (Lipinski definition) is 3. The van der Waals surface area contributed by atoms with Gasteiger partial charge in [0.15, 0.2) is 0 Å². The Morgan fingerprint density at radius 2 is 1.93 bits per heavy atom. The lowest BCUT2D eigenvalue weighted by molar-refractivity contribution is -0.136. The van der Waals surface area contributed by atoms with Crippen LogP contribution in [-0.4, -0.2) is 48.1 Å². The summed E-state index contributed by atoms with van der Waals surface area (Å²) in [5.74, 6) is -0.275. The maximum Gasteiger partial charge on any atom is 0.315 e. The summed E-state index contributed by atoms with van der Waals surface area (Å²) in [5, 5.41) is 9.01. The molecule has 3 N–H and O–H groups in total. The third kappa shape index (κ3) is 5.58. The monoisotopic (exact) mass is 412 g/mol. The number of amides is 3. The SMILES string of the molecule is CCCC(NC(=O)NCc1ccc(F)cc1)C(=O)N1C2CCNCC1CC2.Cl. The van der Waals surface area contributed by atoms with Crippen molar-refractivity contribution in [2.24, 2.45) is 0 Å². The van der Waals surface area contributed by atoms with Crippen LogP contribution in [0.2, 0.25) is 0 Å². The van der Waals surface area contributed by atoms with Crippen LogP contribution < -0.4 is 16.0 Å². The van der Waals surface area contributed by atoms with Crippen LogP contribution in [0, 0.1) is 5.82 Å². The first-order chi connectivity index (χ1) is 13.1. The fourth-order valence-corrected chi connectivity index (χ4v) is 4.06. The summed E-state index contributed by atoms with van der Waals surface area (Å²) >= 11 is 0. The van der Waals surface area contributed by atoms with E-state index in [1.807, 2.05) is 11.8 Å². The molecule has 3 rings (SSSR count). The Labute approximate surface area is 172 Å². The lowest BCUT2D eigenvalue weighted by atomic mass is 10.1. The molecule has 1 aromatic rings. The quantitative estimate of drug-likeness (QED) is 0.672. The number of halogens is 2. The number of carbonyl (C=O) groups is 2. The summed E-state index contributed by atoms with van der Waals surface area (Å²) in [6.07, 6.45) is 4.48. The van der Waals surface area contributed by atoms with Crippen molar-refractivity contribution in [1.29, 1.82) is 0 Å². The largest absolute Gasteiger partial charge is 0.334 e. The van der Waals surface area contributed by atoms with Gasteiger partial charge in [-0.05, 0) is 49.9 Å². The van der Waals surface area contributed by atoms with Gasteiger partial charge in [-0.25, -0.2) is 9.18 Å². The molecule has 2 aliphatic rings. The summed E-state index contributed by atoms with van der Waals surface area (Å²) in [5.41, 5.74) is 0.807. The van der Waals surface area contributed by atoms with Gasteiger partial charge in [0.05, 0.1) is 0 Å². The molecule has 3 atom stereocenters. The fraction of sp³-hybridized carbons (Fsp3) is 0.600. The maximum absolute atomic E-state index is 13.2. The molecule has 8 heteroatoms. The van der Waals surface area contributed by atoms with Gasteiger partial charge in [-0.3, -0.25) is 4.79 Å². The third-order valence-electron chi connectivity index (χ3n) is 5.46. The molecule has 0 aromatic heterocycles. The van der Waals surface area contributed by atoms with Crippen molar-refractivity contribution in [3.05, 3.63) is 35.6 Å². The van der Waals surface area contributed by atoms with E-state index < -0.39 is 6.04 Å². The highest BCUT2D eigenvalue weighted by Crippen LogP contribution is 2.29. The first-order valence-electron chi connectivity index (χ1n) is 9.90. The van der Waals surface area contributed by atoms with Crippen LogP contribution in [0.1, 0.15) is 44.6 Å². The van der Waals surface area contributed by atoms with Crippen molar-refractivity contribution in [3.8, 4) is 0 Å². The van der Waals surface area contributed by atoms with Gasteiger partial charge >= 0.3 is 6.03 Å². The number of benzene rings is 1. The molecule has 2 heterocycles. The summed E-state index contributed by atoms with van der Waals surface area (Å²) < 4.78 is 13.0. The predicted octanol–water partition coefficient (Wildman–Crippen LogP) is 2.57. The number of fused-ring (bicyclic) bond motifs is 2. The van der Waals surface area contributed by atoms with Crippen molar-refractivity contribution >= 4 is 24.3 Å². The predicted molar refractivity (Wildman–Crippen MR) is 109 cm³/mol. The molecular weight excluding hydrogens is 383 g/mol. The summed E-state index contributed by atoms with van der Waals surface area (Å²) in [6, 6.07) is 5.62. The van der Waals surface area contributed by atoms with Crippen LogP contribution in [0.25, 0.3) is 0 Å². The van der Waals surface area contributed by atoms with Gasteiger partial charge in [0, 0.05) is 25.2 Å². The van der Waals surface area contributed by atoms with Gasteiger partial charge < -0.3 is 20.9 Å². The van der Waals surface area contributed by atoms with E-state index in [4.69, 9.17) is 0 Å². The fourth-order valence-electron chi connectivity index (χ4n) is 4.06. The topological polar surface area (TPSA) is 73.5 Å². The van der Waals surface area contributed by atoms with Crippen LogP contribution in [0.3, 0.4) is 0 Å². The van der Waals surface area contributed by atoms with Crippen molar-refractivity contribution in [2.75, 3.05) is 13.1 Å². The van der Waals surface area contributed by atoms with E-state index in [1.165, 1.54) is 12.1 Å². The highest BCUT2D eigenvalue weighted by molar-refractivity contribution is 5.87. The molecule has 2 fully saturated rings. The van der Waals surface area contributed by atoms with Crippen molar-refractivity contribution in [1.82, 2.24) is 20.9 Å². The van der Waals surface area contributed by atoms with E-state index in [1.54, 1.807) is 12.1 Å². The van der Waals surface area contributed by atoms with Crippen LogP contribution in [0.5, 0.6) is 0 Å². The number of rotatable bonds is 6. The average Bonchev–Trinajstić information content (AvgIpc) is 2.93. The van der Waals surface area contributed by atoms with Gasteiger partial charge in [0.25, 0.3) is 0 Å². The molecule has 0 spiro atoms. The Morgan fingerprint density at radius 1 is 1.21 bits per heavy atom. The molecule has 28 heavy (non-hydrogen) atoms. The van der Waals surface area contributed by atoms with Gasteiger partial charge in [-0.1, -0.05) is 25.5 Å². The number of hydrogen-bond acceptors (Lipinski definition) is 3. The smallest absolute Gasteiger partial charge is 0.315 e. The second-order valence-electron chi connectivity index (χ2n) is 7.42. The molecule has 2 saturated heterocycles. The summed E-state index contributed by atoms with van der Waals surface area (Å²) in [6.45, 7) is 4.07. The van der Waals surface area contributed by atoms with Gasteiger partial charge in [-0.2, -0.15) is 0 Å². The number of carbonyl (C=O) groups excluding carboxylic acids is 2. The zero-order valence-electron chi connectivity index (χ0n) is 16.2. The number of nitrogens with zero attached hydrogens (tertiary/aromatic N) is 1. The second kappa shape index (κ2) is 10.6. The molecule has 0 aliphatic carbocycles. The van der Waals surface area contributed by atoms with Crippen molar-refractivity contribution < 1.29 is 14.0 Å². The van der Waals surface area contributed by atoms with Crippen molar-refractivity contribution in [3.63, 3.8) is 0 Å². The highest BCUT2D eigenvalue weighted by Gasteiger charge is 2.40. The second-order valence-corrected chi connectivity index (χ2v) is 7.42. The lowest BCUT2D eigenvalue weighted by Crippen LogP contribution is -2.54. The van der Waals surface area contributed by atoms with E-state index in [9.17, 15) is 14.0 Å². The first kappa shape index (κ1) is 22.4. The van der Waals surface area contributed by atoms with Crippen LogP contribution >= 0.6 is 12.4 Å². The number of nitrogens with one attached hydrogen (secondary N) is 3. The van der Waals surface area contributed by atoms with Crippen LogP contribution in [0.4, 0.5) is 9.18 Å². The Balaban J connectivity index is 0.00000280. The molecule has 3 unspecified atom stereocenters. The Morgan fingerprint density at radius 3 is 2.64 bits per heavy atom. The van der Waals surface area contributed by atoms with Gasteiger partial charge in [-0.15, -0.1) is 12.4 Å². The first-order valence-corrected chi connectivity index (χ1v) is 9.90. The Hall–Kier alpha value is -1.86. The van der Waals surface area contributed by atoms with Crippen molar-refractivity contribution in [2.45, 2.75) is 63.7 Å². The molecule has 1 aromatic carbocycles. The third-order valence-corrected chi connectivity index (χ3v) is 5.46. The highest BCUT2D eigenvalue weighted by atomic mass is 35.5. The van der Waals surface area contributed by atoms with Gasteiger partial charge in [0.2, 0.25) is 5.91 Å². The molecule has 3 amide bonds. The molecule has 6 nitrogen and oxygen atoms in total. The molecule has 2 aliphatic heterocycles. The van der Waals surface area contributed by atoms with Crippen LogP contribution in [-0.2, 0) is 11.3 Å². The van der Waals surface area contributed by atoms with Crippen LogP contribution in [0.15, 0.2) is 24.3 Å². The minimum Gasteiger partial charge on any atom is -0.334 e. The maximum atomic E-state index is 13.2. The Kier molecular flexibility index (Phi) is 8.51. The molecular formula is C20H30ClFN4O2. The molecule has 2 bridgehead atoms. The Bertz CT molecular complexity index is 644. The summed E-state index contributed by atoms with van der Waals surface area (Å²) in [7, 11) is 0. The average molecular weight is 413 g/mol. The molecule has 0 radical (unpaired) electrons. The normalized spacial score (nSPS) is 22.0. The minimum atomic E-state index is -0.510. The zero-order chi connectivity index (χ0) is 19.2. The zero-order valence-corrected chi connectivity index (χ0v) is 17.1.